The Morgan fingerprint density at radius 1 is 0.889 bits per heavy atom. The highest BCUT2D eigenvalue weighted by Crippen LogP contribution is 2.48. The number of hydrogen-bond donors (Lipinski definition) is 1. The van der Waals surface area contributed by atoms with Crippen LogP contribution in [0.2, 0.25) is 22.2 Å². The molecule has 0 aromatic heterocycles. The van der Waals surface area contributed by atoms with Gasteiger partial charge in [0.15, 0.2) is 0 Å². The molecular formula is C19H41BNO4Si2. The first-order valence-corrected chi connectivity index (χ1v) is 14.6. The predicted molar refractivity (Wildman–Crippen MR) is 116 cm³/mol. The zero-order valence-corrected chi connectivity index (χ0v) is 21.0. The van der Waals surface area contributed by atoms with Gasteiger partial charge in [0.2, 0.25) is 7.41 Å². The number of nitrogens with one attached hydrogen (secondary N) is 1. The molecule has 0 aromatic rings. The van der Waals surface area contributed by atoms with Crippen molar-refractivity contribution in [2.45, 2.75) is 103 Å². The van der Waals surface area contributed by atoms with Crippen LogP contribution in [0.1, 0.15) is 62.3 Å². The molecule has 1 radical (unpaired) electrons. The molecule has 2 heterocycles. The zero-order valence-electron chi connectivity index (χ0n) is 19.0. The van der Waals surface area contributed by atoms with E-state index in [1.807, 2.05) is 14.5 Å². The molecule has 27 heavy (non-hydrogen) atoms. The Bertz CT molecular complexity index is 476. The summed E-state index contributed by atoms with van der Waals surface area (Å²) in [5.41, 5.74) is 1.42. The Hall–Kier alpha value is 0.299. The van der Waals surface area contributed by atoms with Gasteiger partial charge in [0.1, 0.15) is 6.10 Å². The van der Waals surface area contributed by atoms with Crippen LogP contribution in [-0.4, -0.2) is 56.4 Å². The fourth-order valence-electron chi connectivity index (χ4n) is 4.74. The van der Waals surface area contributed by atoms with Crippen molar-refractivity contribution in [2.24, 2.45) is 5.92 Å². The summed E-state index contributed by atoms with van der Waals surface area (Å²) in [6.07, 6.45) is -0.0189. The lowest BCUT2D eigenvalue weighted by Gasteiger charge is -2.51. The number of ether oxygens (including phenoxy) is 1. The van der Waals surface area contributed by atoms with Gasteiger partial charge in [0, 0.05) is 11.9 Å². The summed E-state index contributed by atoms with van der Waals surface area (Å²) in [6, 6.07) is 0.0342. The molecule has 157 valence electrons. The molecule has 1 N–H and O–H groups in total. The maximum atomic E-state index is 7.22. The van der Waals surface area contributed by atoms with Crippen molar-refractivity contribution >= 4 is 24.5 Å². The monoisotopic (exact) mass is 414 g/mol. The highest BCUT2D eigenvalue weighted by Gasteiger charge is 2.60. The van der Waals surface area contributed by atoms with Gasteiger partial charge < -0.3 is 22.9 Å². The normalized spacial score (nSPS) is 33.4. The Morgan fingerprint density at radius 2 is 1.41 bits per heavy atom. The predicted octanol–water partition coefficient (Wildman–Crippen LogP) is 4.14. The highest BCUT2D eigenvalue weighted by molar-refractivity contribution is 6.84. The molecule has 2 rings (SSSR count). The summed E-state index contributed by atoms with van der Waals surface area (Å²) in [5, 5.41) is 3.14. The molecule has 0 saturated carbocycles. The molecule has 5 nitrogen and oxygen atoms in total. The molecule has 0 aliphatic carbocycles. The van der Waals surface area contributed by atoms with Crippen LogP contribution in [0.15, 0.2) is 0 Å². The molecule has 8 heteroatoms. The van der Waals surface area contributed by atoms with Gasteiger partial charge in [-0.1, -0.05) is 62.3 Å². The molecule has 0 spiro atoms. The van der Waals surface area contributed by atoms with Crippen molar-refractivity contribution in [1.29, 1.82) is 0 Å². The van der Waals surface area contributed by atoms with Gasteiger partial charge in [-0.2, -0.15) is 0 Å². The molecule has 4 atom stereocenters. The van der Waals surface area contributed by atoms with Gasteiger partial charge in [-0.3, -0.25) is 0 Å². The van der Waals surface area contributed by atoms with Crippen molar-refractivity contribution in [2.75, 3.05) is 13.7 Å². The van der Waals surface area contributed by atoms with Crippen LogP contribution in [0, 0.1) is 5.92 Å². The lowest BCUT2D eigenvalue weighted by molar-refractivity contribution is -0.0272. The lowest BCUT2D eigenvalue weighted by atomic mass is 9.77. The largest absolute Gasteiger partial charge is 0.414 e. The van der Waals surface area contributed by atoms with Crippen molar-refractivity contribution < 1.29 is 17.7 Å². The van der Waals surface area contributed by atoms with Crippen molar-refractivity contribution in [3.8, 4) is 0 Å². The second-order valence-corrected chi connectivity index (χ2v) is 18.4. The van der Waals surface area contributed by atoms with Crippen molar-refractivity contribution in [3.63, 3.8) is 0 Å². The minimum atomic E-state index is -2.54. The summed E-state index contributed by atoms with van der Waals surface area (Å²) in [6.45, 7) is 20.8. The molecule has 2 fully saturated rings. The van der Waals surface area contributed by atoms with E-state index < -0.39 is 17.1 Å². The molecule has 2 aliphatic rings. The van der Waals surface area contributed by atoms with E-state index >= 15 is 0 Å². The second kappa shape index (κ2) is 8.98. The molecule has 1 unspecified atom stereocenters. The Kier molecular flexibility index (Phi) is 7.84. The third-order valence-electron chi connectivity index (χ3n) is 6.40. The Balaban J connectivity index is 2.50. The van der Waals surface area contributed by atoms with E-state index in [9.17, 15) is 0 Å². The summed E-state index contributed by atoms with van der Waals surface area (Å²) >= 11 is 0. The average Bonchev–Trinajstić information content (AvgIpc) is 2.82. The first kappa shape index (κ1) is 23.6. The van der Waals surface area contributed by atoms with Crippen LogP contribution in [0.25, 0.3) is 0 Å². The molecule has 2 aliphatic heterocycles. The SMILES string of the molecule is CN[B][C@@H]1O[C@H]2CO[Si](C(C)C)(C(C)C)O[Si](C(C)C)(C(C)C)OC2[C@@H]1C. The standard InChI is InChI=1S/C19H41BNO4Si2/c1-12(2)26(13(3)4)22-11-17-18(16(9)19(23-17)20-21-10)24-27(25-26,14(5)6)15(7)8/h12-19,21H,11H2,1-10H3/t16-,17-,18?,19+/m0/s1. The fraction of sp³-hybridized carbons (Fsp3) is 1.00. The quantitative estimate of drug-likeness (QED) is 0.662. The summed E-state index contributed by atoms with van der Waals surface area (Å²) in [7, 11) is -1.06. The van der Waals surface area contributed by atoms with Gasteiger partial charge in [0.05, 0.1) is 12.7 Å². The van der Waals surface area contributed by atoms with Crippen LogP contribution in [0.5, 0.6) is 0 Å². The minimum absolute atomic E-state index is 0.0161. The number of fused-ring (bicyclic) bond motifs is 1. The van der Waals surface area contributed by atoms with E-state index in [-0.39, 0.29) is 24.1 Å². The maximum absolute atomic E-state index is 7.22. The first-order chi connectivity index (χ1) is 12.5. The molecule has 0 aromatic carbocycles. The van der Waals surface area contributed by atoms with Gasteiger partial charge in [-0.15, -0.1) is 0 Å². The molecule has 0 bridgehead atoms. The first-order valence-electron chi connectivity index (χ1n) is 10.7. The Labute approximate surface area is 170 Å². The second-order valence-electron chi connectivity index (χ2n) is 9.51. The maximum Gasteiger partial charge on any atom is 0.335 e. The van der Waals surface area contributed by atoms with Gasteiger partial charge in [-0.05, 0) is 29.2 Å². The molecule has 2 saturated heterocycles. The fourth-order valence-corrected chi connectivity index (χ4v) is 16.0. The third-order valence-corrected chi connectivity index (χ3v) is 16.6. The van der Waals surface area contributed by atoms with E-state index in [0.29, 0.717) is 28.8 Å². The number of hydrogen-bond acceptors (Lipinski definition) is 5. The van der Waals surface area contributed by atoms with E-state index in [4.69, 9.17) is 17.7 Å². The summed E-state index contributed by atoms with van der Waals surface area (Å²) in [4.78, 5) is 0. The van der Waals surface area contributed by atoms with Gasteiger partial charge >= 0.3 is 17.1 Å². The topological polar surface area (TPSA) is 49.0 Å². The van der Waals surface area contributed by atoms with Crippen LogP contribution >= 0.6 is 0 Å². The van der Waals surface area contributed by atoms with E-state index in [1.165, 1.54) is 0 Å². The summed E-state index contributed by atoms with van der Waals surface area (Å²) < 4.78 is 27.4. The molecular weight excluding hydrogens is 373 g/mol. The lowest BCUT2D eigenvalue weighted by Crippen LogP contribution is -2.65. The third kappa shape index (κ3) is 4.27. The Morgan fingerprint density at radius 3 is 1.85 bits per heavy atom. The minimum Gasteiger partial charge on any atom is -0.414 e. The highest BCUT2D eigenvalue weighted by atomic mass is 28.5. The van der Waals surface area contributed by atoms with E-state index in [2.05, 4.69) is 67.5 Å². The van der Waals surface area contributed by atoms with E-state index in [0.717, 1.165) is 0 Å². The van der Waals surface area contributed by atoms with Crippen LogP contribution in [0.3, 0.4) is 0 Å². The van der Waals surface area contributed by atoms with Crippen LogP contribution in [0.4, 0.5) is 0 Å². The smallest absolute Gasteiger partial charge is 0.335 e. The zero-order chi connectivity index (χ0) is 20.6. The van der Waals surface area contributed by atoms with Crippen molar-refractivity contribution in [3.05, 3.63) is 0 Å². The summed E-state index contributed by atoms with van der Waals surface area (Å²) in [5.74, 6) is 0.270. The average molecular weight is 415 g/mol. The molecule has 0 amide bonds. The van der Waals surface area contributed by atoms with Crippen molar-refractivity contribution in [1.82, 2.24) is 5.23 Å². The van der Waals surface area contributed by atoms with E-state index in [1.54, 1.807) is 0 Å². The van der Waals surface area contributed by atoms with Crippen LogP contribution < -0.4 is 5.23 Å². The van der Waals surface area contributed by atoms with Gasteiger partial charge in [-0.25, -0.2) is 0 Å². The van der Waals surface area contributed by atoms with Crippen LogP contribution in [-0.2, 0) is 17.7 Å². The number of rotatable bonds is 6. The van der Waals surface area contributed by atoms with Gasteiger partial charge in [0.25, 0.3) is 0 Å².